The molecule has 0 aromatic heterocycles. The van der Waals surface area contributed by atoms with E-state index >= 15 is 0 Å². The Hall–Kier alpha value is 0.110. The van der Waals surface area contributed by atoms with Crippen LogP contribution in [0.15, 0.2) is 0 Å². The van der Waals surface area contributed by atoms with Gasteiger partial charge >= 0.3 is 0 Å². The van der Waals surface area contributed by atoms with Crippen LogP contribution in [-0.4, -0.2) is 21.3 Å². The lowest BCUT2D eigenvalue weighted by Crippen LogP contribution is -2.32. The first-order valence-electron chi connectivity index (χ1n) is 5.76. The van der Waals surface area contributed by atoms with Crippen molar-refractivity contribution in [2.24, 2.45) is 11.7 Å². The maximum absolute atomic E-state index is 11.9. The third-order valence-electron chi connectivity index (χ3n) is 3.24. The minimum atomic E-state index is -0.676. The molecule has 0 bridgehead atoms. The van der Waals surface area contributed by atoms with Gasteiger partial charge in [-0.2, -0.15) is 0 Å². The number of rotatable bonds is 4. The molecule has 0 heterocycles. The fourth-order valence-electron chi connectivity index (χ4n) is 1.96. The summed E-state index contributed by atoms with van der Waals surface area (Å²) in [5.41, 5.74) is 5.81. The standard InChI is InChI=1S/C11H23NOS/c1-3-10(12)8-14(13)11-6-4-9(2)5-7-11/h9-11H,3-8,12H2,1-2H3. The monoisotopic (exact) mass is 217 g/mol. The highest BCUT2D eigenvalue weighted by molar-refractivity contribution is 7.85. The van der Waals surface area contributed by atoms with Gasteiger partial charge in [0, 0.05) is 27.8 Å². The first-order chi connectivity index (χ1) is 6.63. The zero-order valence-electron chi connectivity index (χ0n) is 9.37. The summed E-state index contributed by atoms with van der Waals surface area (Å²) in [7, 11) is -0.676. The highest BCUT2D eigenvalue weighted by atomic mass is 32.2. The van der Waals surface area contributed by atoms with Gasteiger partial charge in [-0.25, -0.2) is 0 Å². The third-order valence-corrected chi connectivity index (χ3v) is 5.21. The van der Waals surface area contributed by atoms with E-state index in [0.717, 1.165) is 25.2 Å². The van der Waals surface area contributed by atoms with Crippen LogP contribution in [-0.2, 0) is 10.8 Å². The lowest BCUT2D eigenvalue weighted by atomic mass is 9.91. The minimum absolute atomic E-state index is 0.134. The predicted molar refractivity (Wildman–Crippen MR) is 62.7 cm³/mol. The van der Waals surface area contributed by atoms with Crippen molar-refractivity contribution in [3.05, 3.63) is 0 Å². The Bertz CT molecular complexity index is 188. The van der Waals surface area contributed by atoms with Crippen molar-refractivity contribution < 1.29 is 4.21 Å². The molecule has 0 amide bonds. The van der Waals surface area contributed by atoms with Gasteiger partial charge < -0.3 is 5.73 Å². The first kappa shape index (κ1) is 12.2. The molecule has 0 saturated heterocycles. The van der Waals surface area contributed by atoms with Crippen LogP contribution in [0.2, 0.25) is 0 Å². The molecule has 2 atom stereocenters. The highest BCUT2D eigenvalue weighted by Crippen LogP contribution is 2.27. The Kier molecular flexibility index (Phi) is 5.10. The lowest BCUT2D eigenvalue weighted by molar-refractivity contribution is 0.388. The summed E-state index contributed by atoms with van der Waals surface area (Å²) in [6.07, 6.45) is 5.72. The van der Waals surface area contributed by atoms with Crippen molar-refractivity contribution in [3.63, 3.8) is 0 Å². The molecule has 2 nitrogen and oxygen atoms in total. The molecule has 3 heteroatoms. The van der Waals surface area contributed by atoms with E-state index in [2.05, 4.69) is 13.8 Å². The van der Waals surface area contributed by atoms with E-state index < -0.39 is 10.8 Å². The molecule has 0 aromatic rings. The summed E-state index contributed by atoms with van der Waals surface area (Å²) in [6.45, 7) is 4.35. The van der Waals surface area contributed by atoms with E-state index in [1.54, 1.807) is 0 Å². The molecular formula is C11H23NOS. The van der Waals surface area contributed by atoms with Gasteiger partial charge in [0.1, 0.15) is 0 Å². The van der Waals surface area contributed by atoms with Crippen LogP contribution in [0.3, 0.4) is 0 Å². The fraction of sp³-hybridized carbons (Fsp3) is 1.00. The summed E-state index contributed by atoms with van der Waals surface area (Å²) in [4.78, 5) is 0. The highest BCUT2D eigenvalue weighted by Gasteiger charge is 2.23. The fourth-order valence-corrected chi connectivity index (χ4v) is 3.69. The van der Waals surface area contributed by atoms with Gasteiger partial charge in [0.05, 0.1) is 0 Å². The summed E-state index contributed by atoms with van der Waals surface area (Å²) in [5, 5.41) is 0.434. The van der Waals surface area contributed by atoms with E-state index in [-0.39, 0.29) is 6.04 Å². The molecule has 0 aromatic carbocycles. The third kappa shape index (κ3) is 3.70. The normalized spacial score (nSPS) is 32.5. The largest absolute Gasteiger partial charge is 0.327 e. The van der Waals surface area contributed by atoms with Crippen LogP contribution in [0.1, 0.15) is 46.0 Å². The van der Waals surface area contributed by atoms with E-state index in [0.29, 0.717) is 11.0 Å². The SMILES string of the molecule is CCC(N)CS(=O)C1CCC(C)CC1. The van der Waals surface area contributed by atoms with Crippen LogP contribution in [0.25, 0.3) is 0 Å². The summed E-state index contributed by atoms with van der Waals surface area (Å²) >= 11 is 0. The van der Waals surface area contributed by atoms with Crippen molar-refractivity contribution in [1.29, 1.82) is 0 Å². The Morgan fingerprint density at radius 2 is 1.93 bits per heavy atom. The van der Waals surface area contributed by atoms with E-state index in [4.69, 9.17) is 5.73 Å². The average Bonchev–Trinajstić information content (AvgIpc) is 2.18. The summed E-state index contributed by atoms with van der Waals surface area (Å²) in [6, 6.07) is 0.134. The van der Waals surface area contributed by atoms with E-state index in [9.17, 15) is 4.21 Å². The van der Waals surface area contributed by atoms with Crippen molar-refractivity contribution >= 4 is 10.8 Å². The molecule has 0 spiro atoms. The Labute approximate surface area is 90.1 Å². The Morgan fingerprint density at radius 3 is 2.43 bits per heavy atom. The van der Waals surface area contributed by atoms with Gasteiger partial charge in [0.15, 0.2) is 0 Å². The van der Waals surface area contributed by atoms with Crippen molar-refractivity contribution in [3.8, 4) is 0 Å². The second-order valence-electron chi connectivity index (χ2n) is 4.60. The maximum atomic E-state index is 11.9. The first-order valence-corrected chi connectivity index (χ1v) is 7.14. The molecule has 1 aliphatic carbocycles. The minimum Gasteiger partial charge on any atom is -0.327 e. The van der Waals surface area contributed by atoms with Crippen LogP contribution in [0.5, 0.6) is 0 Å². The van der Waals surface area contributed by atoms with E-state index in [1.165, 1.54) is 12.8 Å². The van der Waals surface area contributed by atoms with Crippen LogP contribution < -0.4 is 5.73 Å². The molecule has 84 valence electrons. The van der Waals surface area contributed by atoms with Crippen LogP contribution in [0, 0.1) is 5.92 Å². The molecule has 0 aliphatic heterocycles. The predicted octanol–water partition coefficient (Wildman–Crippen LogP) is 2.05. The summed E-state index contributed by atoms with van der Waals surface area (Å²) in [5.74, 6) is 1.54. The van der Waals surface area contributed by atoms with Gasteiger partial charge in [-0.1, -0.05) is 13.8 Å². The zero-order chi connectivity index (χ0) is 10.6. The molecule has 0 radical (unpaired) electrons. The van der Waals surface area contributed by atoms with Crippen LogP contribution >= 0.6 is 0 Å². The van der Waals surface area contributed by atoms with Gasteiger partial charge in [0.2, 0.25) is 0 Å². The van der Waals surface area contributed by atoms with Gasteiger partial charge in [0.25, 0.3) is 0 Å². The molecule has 1 saturated carbocycles. The lowest BCUT2D eigenvalue weighted by Gasteiger charge is -2.26. The molecular weight excluding hydrogens is 194 g/mol. The zero-order valence-corrected chi connectivity index (χ0v) is 10.2. The van der Waals surface area contributed by atoms with Crippen LogP contribution in [0.4, 0.5) is 0 Å². The quantitative estimate of drug-likeness (QED) is 0.783. The van der Waals surface area contributed by atoms with Crippen molar-refractivity contribution in [2.45, 2.75) is 57.2 Å². The molecule has 2 N–H and O–H groups in total. The number of hydrogen-bond donors (Lipinski definition) is 1. The van der Waals surface area contributed by atoms with Gasteiger partial charge in [-0.3, -0.25) is 4.21 Å². The molecule has 2 unspecified atom stereocenters. The van der Waals surface area contributed by atoms with E-state index in [1.807, 2.05) is 0 Å². The summed E-state index contributed by atoms with van der Waals surface area (Å²) < 4.78 is 11.9. The topological polar surface area (TPSA) is 43.1 Å². The molecule has 1 aliphatic rings. The molecule has 1 fully saturated rings. The van der Waals surface area contributed by atoms with Gasteiger partial charge in [-0.05, 0) is 38.0 Å². The van der Waals surface area contributed by atoms with Crippen molar-refractivity contribution in [1.82, 2.24) is 0 Å². The molecule has 14 heavy (non-hydrogen) atoms. The Morgan fingerprint density at radius 1 is 1.36 bits per heavy atom. The smallest absolute Gasteiger partial charge is 0.0389 e. The number of nitrogens with two attached hydrogens (primary N) is 1. The second-order valence-corrected chi connectivity index (χ2v) is 6.36. The van der Waals surface area contributed by atoms with Gasteiger partial charge in [-0.15, -0.1) is 0 Å². The maximum Gasteiger partial charge on any atom is 0.0389 e. The second kappa shape index (κ2) is 5.86. The average molecular weight is 217 g/mol. The number of hydrogen-bond acceptors (Lipinski definition) is 2. The van der Waals surface area contributed by atoms with Crippen molar-refractivity contribution in [2.75, 3.05) is 5.75 Å². The molecule has 1 rings (SSSR count). The Balaban J connectivity index is 2.30.